The third-order valence-corrected chi connectivity index (χ3v) is 3.64. The Morgan fingerprint density at radius 1 is 1.10 bits per heavy atom. The second-order valence-electron chi connectivity index (χ2n) is 4.72. The maximum absolute atomic E-state index is 5.88. The maximum atomic E-state index is 5.88. The van der Waals surface area contributed by atoms with Crippen LogP contribution in [0.4, 0.5) is 0 Å². The average molecular weight is 350 g/mol. The molecular formula is C17H20BrNO2. The molecule has 0 aliphatic carbocycles. The summed E-state index contributed by atoms with van der Waals surface area (Å²) < 4.78 is 12.0. The normalized spacial score (nSPS) is 10.4. The highest BCUT2D eigenvalue weighted by molar-refractivity contribution is 9.10. The summed E-state index contributed by atoms with van der Waals surface area (Å²) in [5.41, 5.74) is 1.23. The predicted molar refractivity (Wildman–Crippen MR) is 89.2 cm³/mol. The molecule has 0 heterocycles. The number of hydrogen-bond donors (Lipinski definition) is 1. The third kappa shape index (κ3) is 4.76. The van der Waals surface area contributed by atoms with Crippen LogP contribution in [0, 0.1) is 0 Å². The second kappa shape index (κ2) is 8.05. The summed E-state index contributed by atoms with van der Waals surface area (Å²) in [7, 11) is 1.65. The first-order chi connectivity index (χ1) is 10.2. The van der Waals surface area contributed by atoms with Crippen LogP contribution in [0.15, 0.2) is 46.9 Å². The molecule has 0 unspecified atom stereocenters. The van der Waals surface area contributed by atoms with Crippen LogP contribution in [0.5, 0.6) is 17.2 Å². The highest BCUT2D eigenvalue weighted by Gasteiger charge is 2.05. The smallest absolute Gasteiger partial charge is 0.141 e. The van der Waals surface area contributed by atoms with Gasteiger partial charge in [0.1, 0.15) is 17.2 Å². The molecule has 0 spiro atoms. The van der Waals surface area contributed by atoms with Crippen LogP contribution in [0.1, 0.15) is 18.9 Å². The summed E-state index contributed by atoms with van der Waals surface area (Å²) in [6.45, 7) is 4.06. The molecule has 0 aliphatic heterocycles. The van der Waals surface area contributed by atoms with Crippen LogP contribution in [0.2, 0.25) is 0 Å². The number of halogens is 1. The minimum absolute atomic E-state index is 0.756. The zero-order valence-electron chi connectivity index (χ0n) is 12.4. The van der Waals surface area contributed by atoms with Crippen LogP contribution in [-0.2, 0) is 6.54 Å². The Bertz CT molecular complexity index is 587. The predicted octanol–water partition coefficient (Wildman–Crippen LogP) is 4.75. The molecule has 0 aromatic heterocycles. The van der Waals surface area contributed by atoms with E-state index in [1.807, 2.05) is 30.3 Å². The number of benzene rings is 2. The Balaban J connectivity index is 2.06. The van der Waals surface area contributed by atoms with Gasteiger partial charge in [0.2, 0.25) is 0 Å². The van der Waals surface area contributed by atoms with Crippen molar-refractivity contribution in [1.82, 2.24) is 5.32 Å². The summed E-state index contributed by atoms with van der Waals surface area (Å²) in [6, 6.07) is 13.7. The molecule has 2 aromatic rings. The molecule has 1 N–H and O–H groups in total. The fraction of sp³-hybridized carbons (Fsp3) is 0.294. The molecule has 3 nitrogen and oxygen atoms in total. The van der Waals surface area contributed by atoms with E-state index in [-0.39, 0.29) is 0 Å². The molecule has 0 saturated heterocycles. The first-order valence-corrected chi connectivity index (χ1v) is 7.83. The molecule has 0 fully saturated rings. The van der Waals surface area contributed by atoms with Crippen LogP contribution >= 0.6 is 15.9 Å². The monoisotopic (exact) mass is 349 g/mol. The Labute approximate surface area is 134 Å². The number of hydrogen-bond acceptors (Lipinski definition) is 3. The van der Waals surface area contributed by atoms with Crippen LogP contribution in [0.3, 0.4) is 0 Å². The van der Waals surface area contributed by atoms with Crippen molar-refractivity contribution in [2.24, 2.45) is 0 Å². The molecule has 21 heavy (non-hydrogen) atoms. The van der Waals surface area contributed by atoms with E-state index in [4.69, 9.17) is 9.47 Å². The second-order valence-corrected chi connectivity index (χ2v) is 5.58. The lowest BCUT2D eigenvalue weighted by atomic mass is 10.2. The van der Waals surface area contributed by atoms with E-state index in [9.17, 15) is 0 Å². The van der Waals surface area contributed by atoms with E-state index in [0.29, 0.717) is 0 Å². The van der Waals surface area contributed by atoms with Gasteiger partial charge in [-0.15, -0.1) is 0 Å². The van der Waals surface area contributed by atoms with Crippen molar-refractivity contribution < 1.29 is 9.47 Å². The van der Waals surface area contributed by atoms with Gasteiger partial charge in [0, 0.05) is 12.6 Å². The van der Waals surface area contributed by atoms with Gasteiger partial charge in [0.25, 0.3) is 0 Å². The highest BCUT2D eigenvalue weighted by atomic mass is 79.9. The summed E-state index contributed by atoms with van der Waals surface area (Å²) in [4.78, 5) is 0. The van der Waals surface area contributed by atoms with E-state index >= 15 is 0 Å². The van der Waals surface area contributed by atoms with Crippen molar-refractivity contribution >= 4 is 15.9 Å². The van der Waals surface area contributed by atoms with Crippen molar-refractivity contribution in [3.8, 4) is 17.2 Å². The fourth-order valence-electron chi connectivity index (χ4n) is 1.94. The summed E-state index contributed by atoms with van der Waals surface area (Å²) in [5.74, 6) is 2.33. The zero-order valence-corrected chi connectivity index (χ0v) is 13.9. The van der Waals surface area contributed by atoms with Gasteiger partial charge in [-0.05, 0) is 58.7 Å². The molecule has 0 bridgehead atoms. The molecule has 0 atom stereocenters. The Hall–Kier alpha value is -1.52. The average Bonchev–Trinajstić information content (AvgIpc) is 2.50. The van der Waals surface area contributed by atoms with Crippen molar-refractivity contribution in [3.63, 3.8) is 0 Å². The lowest BCUT2D eigenvalue weighted by Gasteiger charge is -2.11. The quantitative estimate of drug-likeness (QED) is 0.731. The van der Waals surface area contributed by atoms with E-state index in [1.165, 1.54) is 5.56 Å². The first-order valence-electron chi connectivity index (χ1n) is 7.04. The topological polar surface area (TPSA) is 30.5 Å². The maximum Gasteiger partial charge on any atom is 0.141 e. The zero-order chi connectivity index (χ0) is 15.1. The molecule has 112 valence electrons. The Morgan fingerprint density at radius 2 is 1.90 bits per heavy atom. The number of ether oxygens (including phenoxy) is 2. The molecule has 0 amide bonds. The number of rotatable bonds is 7. The van der Waals surface area contributed by atoms with Gasteiger partial charge in [-0.2, -0.15) is 0 Å². The van der Waals surface area contributed by atoms with E-state index in [2.05, 4.69) is 40.3 Å². The first kappa shape index (κ1) is 15.9. The standard InChI is InChI=1S/C17H20BrNO2/c1-3-9-19-12-13-7-8-17(16(18)10-13)21-15-6-4-5-14(11-15)20-2/h4-8,10-11,19H,3,9,12H2,1-2H3. The Morgan fingerprint density at radius 3 is 2.62 bits per heavy atom. The molecule has 0 saturated carbocycles. The summed E-state index contributed by atoms with van der Waals surface area (Å²) in [5, 5.41) is 3.38. The summed E-state index contributed by atoms with van der Waals surface area (Å²) in [6.07, 6.45) is 1.14. The van der Waals surface area contributed by atoms with Crippen LogP contribution < -0.4 is 14.8 Å². The highest BCUT2D eigenvalue weighted by Crippen LogP contribution is 2.31. The van der Waals surface area contributed by atoms with Gasteiger partial charge in [-0.25, -0.2) is 0 Å². The van der Waals surface area contributed by atoms with Gasteiger partial charge in [0.15, 0.2) is 0 Å². The minimum atomic E-state index is 0.756. The van der Waals surface area contributed by atoms with Gasteiger partial charge < -0.3 is 14.8 Å². The molecule has 0 radical (unpaired) electrons. The number of methoxy groups -OCH3 is 1. The van der Waals surface area contributed by atoms with E-state index in [0.717, 1.165) is 41.2 Å². The summed E-state index contributed by atoms with van der Waals surface area (Å²) >= 11 is 3.57. The van der Waals surface area contributed by atoms with E-state index in [1.54, 1.807) is 7.11 Å². The van der Waals surface area contributed by atoms with Crippen LogP contribution in [0.25, 0.3) is 0 Å². The van der Waals surface area contributed by atoms with Gasteiger partial charge in [-0.3, -0.25) is 0 Å². The minimum Gasteiger partial charge on any atom is -0.497 e. The number of nitrogens with one attached hydrogen (secondary N) is 1. The third-order valence-electron chi connectivity index (χ3n) is 3.02. The van der Waals surface area contributed by atoms with Gasteiger partial charge in [0.05, 0.1) is 11.6 Å². The van der Waals surface area contributed by atoms with Crippen LogP contribution in [-0.4, -0.2) is 13.7 Å². The van der Waals surface area contributed by atoms with Gasteiger partial charge >= 0.3 is 0 Å². The van der Waals surface area contributed by atoms with Crippen molar-refractivity contribution in [2.45, 2.75) is 19.9 Å². The Kier molecular flexibility index (Phi) is 6.08. The molecule has 2 aromatic carbocycles. The largest absolute Gasteiger partial charge is 0.497 e. The molecule has 2 rings (SSSR count). The lowest BCUT2D eigenvalue weighted by molar-refractivity contribution is 0.409. The lowest BCUT2D eigenvalue weighted by Crippen LogP contribution is -2.13. The van der Waals surface area contributed by atoms with E-state index < -0.39 is 0 Å². The SMILES string of the molecule is CCCNCc1ccc(Oc2cccc(OC)c2)c(Br)c1. The molecule has 0 aliphatic rings. The molecular weight excluding hydrogens is 330 g/mol. The fourth-order valence-corrected chi connectivity index (χ4v) is 2.45. The molecule has 4 heteroatoms. The van der Waals surface area contributed by atoms with Crippen molar-refractivity contribution in [1.29, 1.82) is 0 Å². The van der Waals surface area contributed by atoms with Crippen molar-refractivity contribution in [3.05, 3.63) is 52.5 Å². The van der Waals surface area contributed by atoms with Crippen molar-refractivity contribution in [2.75, 3.05) is 13.7 Å². The van der Waals surface area contributed by atoms with Gasteiger partial charge in [-0.1, -0.05) is 19.1 Å².